The number of hydrogen-bond donors (Lipinski definition) is 1. The number of amides is 1. The van der Waals surface area contributed by atoms with Gasteiger partial charge in [-0.1, -0.05) is 44.2 Å². The topological polar surface area (TPSA) is 32.3 Å². The highest BCUT2D eigenvalue weighted by atomic mass is 16.2. The fourth-order valence-electron chi connectivity index (χ4n) is 2.64. The van der Waals surface area contributed by atoms with E-state index < -0.39 is 0 Å². The van der Waals surface area contributed by atoms with E-state index in [1.165, 1.54) is 5.56 Å². The summed E-state index contributed by atoms with van der Waals surface area (Å²) in [5.41, 5.74) is 1.28. The molecule has 1 aromatic rings. The fourth-order valence-corrected chi connectivity index (χ4v) is 2.64. The van der Waals surface area contributed by atoms with Gasteiger partial charge in [0.2, 0.25) is 5.91 Å². The van der Waals surface area contributed by atoms with Crippen molar-refractivity contribution in [1.82, 2.24) is 10.2 Å². The molecule has 19 heavy (non-hydrogen) atoms. The molecular weight excluding hydrogens is 236 g/mol. The van der Waals surface area contributed by atoms with E-state index in [-0.39, 0.29) is 11.9 Å². The summed E-state index contributed by atoms with van der Waals surface area (Å²) in [4.78, 5) is 14.5. The van der Waals surface area contributed by atoms with Gasteiger partial charge in [-0.2, -0.15) is 0 Å². The summed E-state index contributed by atoms with van der Waals surface area (Å²) < 4.78 is 0. The highest BCUT2D eigenvalue weighted by Crippen LogP contribution is 2.17. The van der Waals surface area contributed by atoms with E-state index in [1.54, 1.807) is 0 Å². The van der Waals surface area contributed by atoms with Crippen molar-refractivity contribution in [1.29, 1.82) is 0 Å². The van der Waals surface area contributed by atoms with E-state index in [4.69, 9.17) is 0 Å². The predicted molar refractivity (Wildman–Crippen MR) is 77.7 cm³/mol. The quantitative estimate of drug-likeness (QED) is 0.901. The summed E-state index contributed by atoms with van der Waals surface area (Å²) in [6.45, 7) is 7.02. The third-order valence-electron chi connectivity index (χ3n) is 3.59. The molecule has 1 atom stereocenters. The molecule has 1 fully saturated rings. The minimum atomic E-state index is 0.0164. The number of nitrogens with zero attached hydrogens (tertiary/aromatic N) is 1. The van der Waals surface area contributed by atoms with Crippen LogP contribution >= 0.6 is 0 Å². The Balaban J connectivity index is 2.11. The molecule has 1 amide bonds. The van der Waals surface area contributed by atoms with Crippen molar-refractivity contribution < 1.29 is 4.79 Å². The average molecular weight is 260 g/mol. The molecule has 0 aliphatic carbocycles. The summed E-state index contributed by atoms with van der Waals surface area (Å²) in [6.07, 6.45) is 1.96. The van der Waals surface area contributed by atoms with Gasteiger partial charge in [0.15, 0.2) is 0 Å². The van der Waals surface area contributed by atoms with Crippen molar-refractivity contribution >= 4 is 5.91 Å². The molecule has 1 N–H and O–H groups in total. The highest BCUT2D eigenvalue weighted by molar-refractivity contribution is 5.81. The summed E-state index contributed by atoms with van der Waals surface area (Å²) in [6, 6.07) is 10.4. The Morgan fingerprint density at radius 3 is 2.74 bits per heavy atom. The van der Waals surface area contributed by atoms with Crippen molar-refractivity contribution in [2.45, 2.75) is 39.3 Å². The van der Waals surface area contributed by atoms with Crippen molar-refractivity contribution in [2.24, 2.45) is 5.92 Å². The lowest BCUT2D eigenvalue weighted by atomic mass is 10.0. The minimum Gasteiger partial charge on any atom is -0.355 e. The monoisotopic (exact) mass is 260 g/mol. The average Bonchev–Trinajstić information content (AvgIpc) is 2.55. The summed E-state index contributed by atoms with van der Waals surface area (Å²) in [5, 5.41) is 3.04. The third-order valence-corrected chi connectivity index (χ3v) is 3.59. The van der Waals surface area contributed by atoms with Crippen molar-refractivity contribution in [3.63, 3.8) is 0 Å². The molecule has 0 radical (unpaired) electrons. The van der Waals surface area contributed by atoms with E-state index in [0.29, 0.717) is 5.92 Å². The lowest BCUT2D eigenvalue weighted by molar-refractivity contribution is -0.126. The van der Waals surface area contributed by atoms with E-state index in [2.05, 4.69) is 48.3 Å². The van der Waals surface area contributed by atoms with E-state index in [1.807, 2.05) is 6.07 Å². The van der Waals surface area contributed by atoms with Gasteiger partial charge < -0.3 is 5.32 Å². The molecule has 2 rings (SSSR count). The molecule has 0 spiro atoms. The van der Waals surface area contributed by atoms with Crippen LogP contribution in [-0.2, 0) is 11.3 Å². The van der Waals surface area contributed by atoms with Crippen LogP contribution in [0.4, 0.5) is 0 Å². The summed E-state index contributed by atoms with van der Waals surface area (Å²) >= 11 is 0. The smallest absolute Gasteiger partial charge is 0.237 e. The first kappa shape index (κ1) is 14.1. The van der Waals surface area contributed by atoms with E-state index >= 15 is 0 Å². The molecule has 0 saturated carbocycles. The fraction of sp³-hybridized carbons (Fsp3) is 0.562. The van der Waals surface area contributed by atoms with Gasteiger partial charge in [-0.3, -0.25) is 9.69 Å². The Bertz CT molecular complexity index is 402. The largest absolute Gasteiger partial charge is 0.355 e. The molecule has 104 valence electrons. The second kappa shape index (κ2) is 6.71. The number of hydrogen-bond acceptors (Lipinski definition) is 2. The van der Waals surface area contributed by atoms with Crippen LogP contribution in [-0.4, -0.2) is 29.9 Å². The normalized spacial score (nSPS) is 21.2. The summed E-state index contributed by atoms with van der Waals surface area (Å²) in [5.74, 6) is 0.731. The molecule has 1 aromatic carbocycles. The molecule has 1 aliphatic rings. The van der Waals surface area contributed by atoms with Gasteiger partial charge in [0.1, 0.15) is 0 Å². The van der Waals surface area contributed by atoms with Gasteiger partial charge in [-0.05, 0) is 24.3 Å². The highest BCUT2D eigenvalue weighted by Gasteiger charge is 2.28. The Morgan fingerprint density at radius 2 is 2.05 bits per heavy atom. The Morgan fingerprint density at radius 1 is 1.32 bits per heavy atom. The lowest BCUT2D eigenvalue weighted by Crippen LogP contribution is -2.44. The number of nitrogens with one attached hydrogen (secondary N) is 1. The molecule has 1 unspecified atom stereocenters. The van der Waals surface area contributed by atoms with Crippen LogP contribution in [0.25, 0.3) is 0 Å². The van der Waals surface area contributed by atoms with E-state index in [0.717, 1.165) is 32.5 Å². The Labute approximate surface area is 116 Å². The SMILES string of the molecule is CC(C)CC1C(=O)NCCCN1Cc1ccccc1. The first-order valence-corrected chi connectivity index (χ1v) is 7.22. The zero-order valence-electron chi connectivity index (χ0n) is 11.9. The molecule has 0 aromatic heterocycles. The van der Waals surface area contributed by atoms with Gasteiger partial charge >= 0.3 is 0 Å². The molecule has 1 heterocycles. The zero-order valence-corrected chi connectivity index (χ0v) is 11.9. The standard InChI is InChI=1S/C16H24N2O/c1-13(2)11-15-16(19)17-9-6-10-18(15)12-14-7-4-3-5-8-14/h3-5,7-8,13,15H,6,9-12H2,1-2H3,(H,17,19). The second-order valence-electron chi connectivity index (χ2n) is 5.75. The second-order valence-corrected chi connectivity index (χ2v) is 5.75. The van der Waals surface area contributed by atoms with Crippen LogP contribution in [0.5, 0.6) is 0 Å². The van der Waals surface area contributed by atoms with Gasteiger partial charge in [-0.15, -0.1) is 0 Å². The Kier molecular flexibility index (Phi) is 4.97. The maximum Gasteiger partial charge on any atom is 0.237 e. The lowest BCUT2D eigenvalue weighted by Gasteiger charge is -2.29. The number of benzene rings is 1. The first-order chi connectivity index (χ1) is 9.16. The molecule has 3 heteroatoms. The van der Waals surface area contributed by atoms with Crippen molar-refractivity contribution in [3.8, 4) is 0 Å². The van der Waals surface area contributed by atoms with Gasteiger partial charge in [0.25, 0.3) is 0 Å². The Hall–Kier alpha value is -1.35. The van der Waals surface area contributed by atoms with Crippen LogP contribution < -0.4 is 5.32 Å². The molecule has 1 aliphatic heterocycles. The minimum absolute atomic E-state index is 0.0164. The first-order valence-electron chi connectivity index (χ1n) is 7.22. The van der Waals surface area contributed by atoms with Crippen LogP contribution in [0.1, 0.15) is 32.3 Å². The van der Waals surface area contributed by atoms with Crippen molar-refractivity contribution in [3.05, 3.63) is 35.9 Å². The van der Waals surface area contributed by atoms with Crippen LogP contribution in [0.3, 0.4) is 0 Å². The van der Waals surface area contributed by atoms with Crippen LogP contribution in [0.15, 0.2) is 30.3 Å². The number of rotatable bonds is 4. The number of carbonyl (C=O) groups excluding carboxylic acids is 1. The zero-order chi connectivity index (χ0) is 13.7. The molecule has 0 bridgehead atoms. The predicted octanol–water partition coefficient (Wildman–Crippen LogP) is 2.42. The van der Waals surface area contributed by atoms with Crippen LogP contribution in [0, 0.1) is 5.92 Å². The molecular formula is C16H24N2O. The maximum absolute atomic E-state index is 12.2. The van der Waals surface area contributed by atoms with Gasteiger partial charge in [-0.25, -0.2) is 0 Å². The van der Waals surface area contributed by atoms with Crippen molar-refractivity contribution in [2.75, 3.05) is 13.1 Å². The molecule has 3 nitrogen and oxygen atoms in total. The van der Waals surface area contributed by atoms with E-state index in [9.17, 15) is 4.79 Å². The number of carbonyl (C=O) groups is 1. The van der Waals surface area contributed by atoms with Gasteiger partial charge in [0, 0.05) is 19.6 Å². The maximum atomic E-state index is 12.2. The van der Waals surface area contributed by atoms with Gasteiger partial charge in [0.05, 0.1) is 6.04 Å². The third kappa shape index (κ3) is 4.06. The van der Waals surface area contributed by atoms with Crippen LogP contribution in [0.2, 0.25) is 0 Å². The summed E-state index contributed by atoms with van der Waals surface area (Å²) in [7, 11) is 0. The molecule has 1 saturated heterocycles.